The number of hydrogen-bond donors (Lipinski definition) is 1. The van der Waals surface area contributed by atoms with Crippen molar-refractivity contribution in [3.05, 3.63) is 96.8 Å². The molecule has 6 aromatic rings. The van der Waals surface area contributed by atoms with E-state index in [1.807, 2.05) is 95.5 Å². The Morgan fingerprint density at radius 1 is 0.800 bits per heavy atom. The minimum atomic E-state index is 0.160. The van der Waals surface area contributed by atoms with Gasteiger partial charge in [-0.25, -0.2) is 4.52 Å². The fourth-order valence-corrected chi connectivity index (χ4v) is 5.30. The van der Waals surface area contributed by atoms with Gasteiger partial charge in [-0.15, -0.1) is 5.10 Å². The van der Waals surface area contributed by atoms with Gasteiger partial charge in [0.25, 0.3) is 5.89 Å². The topological polar surface area (TPSA) is 112 Å². The second-order valence-electron chi connectivity index (χ2n) is 10.7. The summed E-state index contributed by atoms with van der Waals surface area (Å²) in [6, 6.07) is 29.0. The number of fused-ring (bicyclic) bond motifs is 1. The van der Waals surface area contributed by atoms with Crippen molar-refractivity contribution in [2.45, 2.75) is 19.4 Å². The Kier molecular flexibility index (Phi) is 8.23. The third-order valence-electron chi connectivity index (χ3n) is 7.65. The third-order valence-corrected chi connectivity index (χ3v) is 7.65. The average molecular weight is 604 g/mol. The molecule has 45 heavy (non-hydrogen) atoms. The zero-order valence-corrected chi connectivity index (χ0v) is 24.9. The molecule has 4 heterocycles. The maximum atomic E-state index is 6.02. The van der Waals surface area contributed by atoms with Gasteiger partial charge >= 0.3 is 0 Å². The molecule has 0 saturated carbocycles. The molecule has 228 valence electrons. The molecular formula is C34H33N7O4. The van der Waals surface area contributed by atoms with Crippen molar-refractivity contribution in [3.8, 4) is 40.0 Å². The summed E-state index contributed by atoms with van der Waals surface area (Å²) in [4.78, 5) is 11.6. The molecule has 7 rings (SSSR count). The Morgan fingerprint density at radius 2 is 1.60 bits per heavy atom. The van der Waals surface area contributed by atoms with Crippen LogP contribution in [0.5, 0.6) is 17.2 Å². The fraction of sp³-hybridized carbons (Fsp3) is 0.235. The standard InChI is InChI=1S/C34H33N7O4/c1-42-27-14-10-24(11-15-27)33-36-31(39-45-33)23-44-29-7-4-6-25(22-29)30-8-5-9-32-37-34(38-41(30)32)35-26-12-16-28(17-13-26)43-21-20-40-18-2-3-19-40/h4-17,22H,2-3,18-21,23H2,1H3,(H,35,38). The molecule has 0 amide bonds. The van der Waals surface area contributed by atoms with Crippen LogP contribution >= 0.6 is 0 Å². The molecule has 0 unspecified atom stereocenters. The summed E-state index contributed by atoms with van der Waals surface area (Å²) in [5.41, 5.74) is 4.21. The number of aromatic nitrogens is 5. The zero-order valence-electron chi connectivity index (χ0n) is 24.9. The lowest BCUT2D eigenvalue weighted by Crippen LogP contribution is -2.25. The number of anilines is 2. The quantitative estimate of drug-likeness (QED) is 0.172. The van der Waals surface area contributed by atoms with Gasteiger partial charge in [-0.3, -0.25) is 4.90 Å². The van der Waals surface area contributed by atoms with Crippen LogP contribution in [0.4, 0.5) is 11.6 Å². The number of benzene rings is 3. The van der Waals surface area contributed by atoms with E-state index in [1.165, 1.54) is 25.9 Å². The number of likely N-dealkylation sites (tertiary alicyclic amines) is 1. The summed E-state index contributed by atoms with van der Waals surface area (Å²) in [6.45, 7) is 4.17. The molecule has 0 atom stereocenters. The highest BCUT2D eigenvalue weighted by atomic mass is 16.5. The van der Waals surface area contributed by atoms with Crippen molar-refractivity contribution >= 4 is 17.3 Å². The monoisotopic (exact) mass is 603 g/mol. The Bertz CT molecular complexity index is 1860. The number of pyridine rings is 1. The van der Waals surface area contributed by atoms with Gasteiger partial charge in [0.15, 0.2) is 12.3 Å². The molecule has 11 nitrogen and oxygen atoms in total. The predicted molar refractivity (Wildman–Crippen MR) is 170 cm³/mol. The molecule has 1 fully saturated rings. The summed E-state index contributed by atoms with van der Waals surface area (Å²) >= 11 is 0. The number of methoxy groups -OCH3 is 1. The van der Waals surface area contributed by atoms with Crippen LogP contribution in [0.1, 0.15) is 18.7 Å². The Labute approximate surface area is 260 Å². The molecular weight excluding hydrogens is 570 g/mol. The van der Waals surface area contributed by atoms with Crippen LogP contribution in [-0.4, -0.2) is 63.0 Å². The van der Waals surface area contributed by atoms with E-state index in [9.17, 15) is 0 Å². The van der Waals surface area contributed by atoms with E-state index in [-0.39, 0.29) is 6.61 Å². The van der Waals surface area contributed by atoms with Gasteiger partial charge in [-0.2, -0.15) is 9.97 Å². The molecule has 0 bridgehead atoms. The van der Waals surface area contributed by atoms with Crippen molar-refractivity contribution in [1.29, 1.82) is 0 Å². The van der Waals surface area contributed by atoms with Crippen LogP contribution in [0, 0.1) is 0 Å². The normalized spacial score (nSPS) is 13.3. The third kappa shape index (κ3) is 6.73. The minimum Gasteiger partial charge on any atom is -0.497 e. The lowest BCUT2D eigenvalue weighted by atomic mass is 10.1. The van der Waals surface area contributed by atoms with Crippen LogP contribution in [-0.2, 0) is 6.61 Å². The molecule has 1 saturated heterocycles. The van der Waals surface area contributed by atoms with Gasteiger partial charge in [-0.1, -0.05) is 23.4 Å². The zero-order chi connectivity index (χ0) is 30.4. The van der Waals surface area contributed by atoms with Crippen molar-refractivity contribution < 1.29 is 18.7 Å². The molecule has 11 heteroatoms. The van der Waals surface area contributed by atoms with Crippen molar-refractivity contribution in [1.82, 2.24) is 29.6 Å². The SMILES string of the molecule is COc1ccc(-c2nc(COc3cccc(-c4cccc5nc(Nc6ccc(OCCN7CCCC7)cc6)nn45)c3)no2)cc1. The van der Waals surface area contributed by atoms with Gasteiger partial charge in [0.2, 0.25) is 11.8 Å². The number of rotatable bonds is 12. The number of nitrogens with one attached hydrogen (secondary N) is 1. The fourth-order valence-electron chi connectivity index (χ4n) is 5.30. The first-order valence-electron chi connectivity index (χ1n) is 15.0. The van der Waals surface area contributed by atoms with Gasteiger partial charge in [0, 0.05) is 23.4 Å². The maximum Gasteiger partial charge on any atom is 0.258 e. The molecule has 1 aliphatic rings. The van der Waals surface area contributed by atoms with E-state index in [0.29, 0.717) is 30.0 Å². The van der Waals surface area contributed by atoms with Crippen LogP contribution in [0.2, 0.25) is 0 Å². The first-order chi connectivity index (χ1) is 22.2. The Balaban J connectivity index is 0.997. The van der Waals surface area contributed by atoms with E-state index in [4.69, 9.17) is 23.8 Å². The summed E-state index contributed by atoms with van der Waals surface area (Å²) < 4.78 is 24.4. The summed E-state index contributed by atoms with van der Waals surface area (Å²) in [6.07, 6.45) is 2.58. The largest absolute Gasteiger partial charge is 0.497 e. The van der Waals surface area contributed by atoms with Gasteiger partial charge in [0.05, 0.1) is 12.8 Å². The van der Waals surface area contributed by atoms with Gasteiger partial charge < -0.3 is 24.1 Å². The molecule has 0 radical (unpaired) electrons. The van der Waals surface area contributed by atoms with Crippen molar-refractivity contribution in [3.63, 3.8) is 0 Å². The number of nitrogens with zero attached hydrogens (tertiary/aromatic N) is 6. The van der Waals surface area contributed by atoms with Crippen molar-refractivity contribution in [2.75, 3.05) is 38.7 Å². The predicted octanol–water partition coefficient (Wildman–Crippen LogP) is 6.25. The highest BCUT2D eigenvalue weighted by molar-refractivity contribution is 5.66. The van der Waals surface area contributed by atoms with E-state index < -0.39 is 0 Å². The van der Waals surface area contributed by atoms with Crippen LogP contribution in [0.15, 0.2) is 95.5 Å². The highest BCUT2D eigenvalue weighted by Crippen LogP contribution is 2.27. The maximum absolute atomic E-state index is 6.02. The second kappa shape index (κ2) is 13.1. The smallest absolute Gasteiger partial charge is 0.258 e. The van der Waals surface area contributed by atoms with E-state index >= 15 is 0 Å². The molecule has 3 aromatic heterocycles. The lowest BCUT2D eigenvalue weighted by molar-refractivity contribution is 0.238. The van der Waals surface area contributed by atoms with E-state index in [1.54, 1.807) is 7.11 Å². The number of ether oxygens (including phenoxy) is 3. The molecule has 0 aliphatic carbocycles. The minimum absolute atomic E-state index is 0.160. The highest BCUT2D eigenvalue weighted by Gasteiger charge is 2.13. The molecule has 0 spiro atoms. The first kappa shape index (κ1) is 28.4. The van der Waals surface area contributed by atoms with Crippen LogP contribution < -0.4 is 19.5 Å². The summed E-state index contributed by atoms with van der Waals surface area (Å²) in [7, 11) is 1.63. The second-order valence-corrected chi connectivity index (χ2v) is 10.7. The van der Waals surface area contributed by atoms with E-state index in [0.717, 1.165) is 46.2 Å². The van der Waals surface area contributed by atoms with Gasteiger partial charge in [0.1, 0.15) is 23.9 Å². The molecule has 1 aliphatic heterocycles. The summed E-state index contributed by atoms with van der Waals surface area (Å²) in [5.74, 6) is 3.65. The van der Waals surface area contributed by atoms with Gasteiger partial charge in [-0.05, 0) is 98.7 Å². The number of hydrogen-bond acceptors (Lipinski definition) is 10. The van der Waals surface area contributed by atoms with E-state index in [2.05, 4.69) is 25.3 Å². The van der Waals surface area contributed by atoms with Crippen LogP contribution in [0.25, 0.3) is 28.4 Å². The first-order valence-corrected chi connectivity index (χ1v) is 15.0. The Morgan fingerprint density at radius 3 is 2.42 bits per heavy atom. The summed E-state index contributed by atoms with van der Waals surface area (Å²) in [5, 5.41) is 12.1. The molecule has 1 N–H and O–H groups in total. The van der Waals surface area contributed by atoms with Crippen molar-refractivity contribution in [2.24, 2.45) is 0 Å². The Hall–Kier alpha value is -5.42. The lowest BCUT2D eigenvalue weighted by Gasteiger charge is -2.15. The molecule has 3 aromatic carbocycles. The average Bonchev–Trinajstić information content (AvgIpc) is 3.86. The van der Waals surface area contributed by atoms with Crippen LogP contribution in [0.3, 0.4) is 0 Å².